The minimum atomic E-state index is -3.64. The molecule has 1 aliphatic heterocycles. The molecule has 8 heteroatoms. The highest BCUT2D eigenvalue weighted by molar-refractivity contribution is 7.54. The minimum Gasteiger partial charge on any atom is -0.507 e. The molecule has 0 amide bonds. The van der Waals surface area contributed by atoms with E-state index >= 15 is 0 Å². The fourth-order valence-corrected chi connectivity index (χ4v) is 5.98. The van der Waals surface area contributed by atoms with Gasteiger partial charge < -0.3 is 14.2 Å². The summed E-state index contributed by atoms with van der Waals surface area (Å²) in [5.74, 6) is -1.95. The zero-order chi connectivity index (χ0) is 21.0. The molecule has 3 rings (SSSR count). The monoisotopic (exact) mass is 419 g/mol. The number of hydroxylamine groups is 2. The van der Waals surface area contributed by atoms with Crippen LogP contribution in [0.1, 0.15) is 35.7 Å². The van der Waals surface area contributed by atoms with Gasteiger partial charge in [0.1, 0.15) is 11.5 Å². The highest BCUT2D eigenvalue weighted by Gasteiger charge is 2.56. The second kappa shape index (κ2) is 9.20. The van der Waals surface area contributed by atoms with Crippen molar-refractivity contribution in [3.63, 3.8) is 0 Å². The van der Waals surface area contributed by atoms with E-state index in [1.54, 1.807) is 39.1 Å². The van der Waals surface area contributed by atoms with Crippen molar-refractivity contribution in [1.29, 1.82) is 0 Å². The van der Waals surface area contributed by atoms with Gasteiger partial charge in [0.15, 0.2) is 11.9 Å². The minimum absolute atomic E-state index is 0.128. The third-order valence-electron chi connectivity index (χ3n) is 4.85. The molecule has 3 atom stereocenters. The first-order valence-electron chi connectivity index (χ1n) is 9.58. The molecule has 2 aromatic carbocycles. The number of ketones is 1. The Hall–Kier alpha value is -2.02. The summed E-state index contributed by atoms with van der Waals surface area (Å²) in [6.45, 7) is 3.87. The van der Waals surface area contributed by atoms with E-state index in [9.17, 15) is 14.5 Å². The van der Waals surface area contributed by atoms with Crippen LogP contribution < -0.4 is 0 Å². The summed E-state index contributed by atoms with van der Waals surface area (Å²) < 4.78 is 24.8. The lowest BCUT2D eigenvalue weighted by atomic mass is 9.89. The van der Waals surface area contributed by atoms with Crippen LogP contribution in [-0.2, 0) is 18.5 Å². The maximum atomic E-state index is 13.7. The topological polar surface area (TPSA) is 85.3 Å². The second-order valence-corrected chi connectivity index (χ2v) is 8.80. The maximum Gasteiger partial charge on any atom is 0.350 e. The molecule has 0 aliphatic carbocycles. The van der Waals surface area contributed by atoms with Gasteiger partial charge in [0.05, 0.1) is 18.8 Å². The second-order valence-electron chi connectivity index (χ2n) is 6.68. The van der Waals surface area contributed by atoms with E-state index in [0.717, 1.165) is 5.56 Å². The van der Waals surface area contributed by atoms with Crippen molar-refractivity contribution in [3.05, 3.63) is 65.7 Å². The van der Waals surface area contributed by atoms with Crippen molar-refractivity contribution in [1.82, 2.24) is 5.06 Å². The van der Waals surface area contributed by atoms with Gasteiger partial charge in [-0.2, -0.15) is 5.06 Å². The number of phenols is 1. The predicted octanol–water partition coefficient (Wildman–Crippen LogP) is 4.20. The smallest absolute Gasteiger partial charge is 0.350 e. The van der Waals surface area contributed by atoms with E-state index in [4.69, 9.17) is 13.9 Å². The first-order chi connectivity index (χ1) is 13.9. The highest BCUT2D eigenvalue weighted by Crippen LogP contribution is 2.61. The van der Waals surface area contributed by atoms with Crippen LogP contribution in [0.25, 0.3) is 0 Å². The zero-order valence-electron chi connectivity index (χ0n) is 16.7. The van der Waals surface area contributed by atoms with Crippen molar-refractivity contribution in [3.8, 4) is 5.75 Å². The molecule has 1 aliphatic rings. The summed E-state index contributed by atoms with van der Waals surface area (Å²) in [6, 6.07) is 15.6. The van der Waals surface area contributed by atoms with Crippen molar-refractivity contribution < 1.29 is 28.4 Å². The average molecular weight is 419 g/mol. The Morgan fingerprint density at radius 2 is 1.66 bits per heavy atom. The SMILES string of the molecule is CCOP(=O)(OCC)[C@@H]1[C@@H](c2ccccc2)[C@H](C(=O)c2ccccc2O)ON1C. The fraction of sp³-hybridized carbons (Fsp3) is 0.381. The van der Waals surface area contributed by atoms with Crippen LogP contribution in [0.2, 0.25) is 0 Å². The Morgan fingerprint density at radius 1 is 1.07 bits per heavy atom. The van der Waals surface area contributed by atoms with E-state index in [1.807, 2.05) is 30.3 Å². The molecular formula is C21H26NO6P. The Morgan fingerprint density at radius 3 is 2.24 bits per heavy atom. The quantitative estimate of drug-likeness (QED) is 0.507. The van der Waals surface area contributed by atoms with Gasteiger partial charge in [-0.3, -0.25) is 14.2 Å². The molecule has 1 fully saturated rings. The highest BCUT2D eigenvalue weighted by atomic mass is 31.2. The third-order valence-corrected chi connectivity index (χ3v) is 7.38. The molecule has 2 aromatic rings. The molecule has 156 valence electrons. The van der Waals surface area contributed by atoms with Crippen LogP contribution in [0.15, 0.2) is 54.6 Å². The van der Waals surface area contributed by atoms with Gasteiger partial charge in [0.25, 0.3) is 0 Å². The number of aromatic hydroxyl groups is 1. The Balaban J connectivity index is 2.09. The third kappa shape index (κ3) is 4.29. The van der Waals surface area contributed by atoms with Crippen LogP contribution >= 0.6 is 7.60 Å². The molecule has 0 spiro atoms. The number of phenolic OH excluding ortho intramolecular Hbond substituents is 1. The molecular weight excluding hydrogens is 393 g/mol. The van der Waals surface area contributed by atoms with Gasteiger partial charge in [-0.05, 0) is 31.5 Å². The first kappa shape index (κ1) is 21.7. The molecule has 0 bridgehead atoms. The fourth-order valence-electron chi connectivity index (χ4n) is 3.70. The number of likely N-dealkylation sites (N-methyl/N-ethyl adjacent to an activating group) is 1. The lowest BCUT2D eigenvalue weighted by molar-refractivity contribution is -0.122. The number of carbonyl (C=O) groups excluding carboxylic acids is 1. The van der Waals surface area contributed by atoms with E-state index in [2.05, 4.69) is 0 Å². The number of para-hydroxylation sites is 1. The summed E-state index contributed by atoms with van der Waals surface area (Å²) >= 11 is 0. The number of benzene rings is 2. The van der Waals surface area contributed by atoms with Gasteiger partial charge >= 0.3 is 7.60 Å². The van der Waals surface area contributed by atoms with Gasteiger partial charge in [-0.15, -0.1) is 0 Å². The van der Waals surface area contributed by atoms with Crippen LogP contribution in [0.5, 0.6) is 5.75 Å². The molecule has 1 heterocycles. The molecule has 29 heavy (non-hydrogen) atoms. The summed E-state index contributed by atoms with van der Waals surface area (Å²) in [5, 5.41) is 11.6. The number of nitrogens with zero attached hydrogens (tertiary/aromatic N) is 1. The predicted molar refractivity (Wildman–Crippen MR) is 109 cm³/mol. The van der Waals surface area contributed by atoms with E-state index in [-0.39, 0.29) is 24.5 Å². The van der Waals surface area contributed by atoms with Crippen molar-refractivity contribution in [2.45, 2.75) is 31.7 Å². The molecule has 0 unspecified atom stereocenters. The largest absolute Gasteiger partial charge is 0.507 e. The average Bonchev–Trinajstić information content (AvgIpc) is 3.07. The molecule has 0 aromatic heterocycles. The maximum absolute atomic E-state index is 13.7. The summed E-state index contributed by atoms with van der Waals surface area (Å²) in [6.07, 6.45) is -0.991. The summed E-state index contributed by atoms with van der Waals surface area (Å²) in [5.41, 5.74) is 0.922. The lowest BCUT2D eigenvalue weighted by Crippen LogP contribution is -2.31. The molecule has 0 saturated carbocycles. The lowest BCUT2D eigenvalue weighted by Gasteiger charge is -2.30. The summed E-state index contributed by atoms with van der Waals surface area (Å²) in [4.78, 5) is 19.2. The molecule has 0 radical (unpaired) electrons. The summed E-state index contributed by atoms with van der Waals surface area (Å²) in [7, 11) is -2.02. The van der Waals surface area contributed by atoms with Crippen molar-refractivity contribution >= 4 is 13.4 Å². The van der Waals surface area contributed by atoms with Crippen molar-refractivity contribution in [2.24, 2.45) is 0 Å². The van der Waals surface area contributed by atoms with Gasteiger partial charge in [0, 0.05) is 13.0 Å². The van der Waals surface area contributed by atoms with Gasteiger partial charge in [0.2, 0.25) is 0 Å². The van der Waals surface area contributed by atoms with Crippen molar-refractivity contribution in [2.75, 3.05) is 20.3 Å². The standard InChI is InChI=1S/C21H26NO6P/c1-4-26-29(25,27-5-2)21-18(15-11-7-6-8-12-15)20(28-22(21)3)19(24)16-13-9-10-14-17(16)23/h6-14,18,20-21,23H,4-5H2,1-3H3/t18-,20+,21+/m0/s1. The van der Waals surface area contributed by atoms with E-state index in [0.29, 0.717) is 0 Å². The number of hydrogen-bond donors (Lipinski definition) is 1. The normalized spacial score (nSPS) is 22.7. The van der Waals surface area contributed by atoms with E-state index < -0.39 is 31.2 Å². The van der Waals surface area contributed by atoms with Crippen LogP contribution in [0.4, 0.5) is 0 Å². The number of rotatable bonds is 8. The van der Waals surface area contributed by atoms with Crippen LogP contribution in [0.3, 0.4) is 0 Å². The zero-order valence-corrected chi connectivity index (χ0v) is 17.6. The van der Waals surface area contributed by atoms with Gasteiger partial charge in [-0.25, -0.2) is 0 Å². The number of Topliss-reactive ketones (excluding diaryl/α,β-unsaturated/α-hetero) is 1. The molecule has 7 nitrogen and oxygen atoms in total. The Labute approximate surface area is 170 Å². The van der Waals surface area contributed by atoms with Crippen LogP contribution in [-0.4, -0.2) is 48.1 Å². The molecule has 1 saturated heterocycles. The number of carbonyl (C=O) groups is 1. The first-order valence-corrected chi connectivity index (χ1v) is 11.2. The molecule has 1 N–H and O–H groups in total. The number of hydrogen-bond acceptors (Lipinski definition) is 7. The van der Waals surface area contributed by atoms with Crippen LogP contribution in [0, 0.1) is 0 Å². The Kier molecular flexibility index (Phi) is 6.88. The van der Waals surface area contributed by atoms with Gasteiger partial charge in [-0.1, -0.05) is 42.5 Å². The van der Waals surface area contributed by atoms with E-state index in [1.165, 1.54) is 11.1 Å². The Bertz CT molecular complexity index is 880.